The summed E-state index contributed by atoms with van der Waals surface area (Å²) < 4.78 is 10.2. The van der Waals surface area contributed by atoms with E-state index in [4.69, 9.17) is 9.47 Å². The second-order valence-electron chi connectivity index (χ2n) is 8.03. The summed E-state index contributed by atoms with van der Waals surface area (Å²) >= 11 is 0. The zero-order valence-corrected chi connectivity index (χ0v) is 16.6. The molecular weight excluding hydrogens is 362 g/mol. The molecule has 152 valence electrons. The smallest absolute Gasteiger partial charge is 0.414 e. The van der Waals surface area contributed by atoms with E-state index < -0.39 is 11.7 Å². The lowest BCUT2D eigenvalue weighted by atomic mass is 10.0. The van der Waals surface area contributed by atoms with E-state index in [0.29, 0.717) is 44.6 Å². The molecule has 8 nitrogen and oxygen atoms in total. The van der Waals surface area contributed by atoms with Crippen LogP contribution in [0.1, 0.15) is 44.0 Å². The van der Waals surface area contributed by atoms with Crippen molar-refractivity contribution in [2.45, 2.75) is 45.3 Å². The molecule has 0 spiro atoms. The molecule has 28 heavy (non-hydrogen) atoms. The van der Waals surface area contributed by atoms with Crippen LogP contribution >= 0.6 is 0 Å². The van der Waals surface area contributed by atoms with Gasteiger partial charge in [0.1, 0.15) is 12.2 Å². The van der Waals surface area contributed by atoms with Gasteiger partial charge < -0.3 is 19.7 Å². The largest absolute Gasteiger partial charge is 0.447 e. The number of nitrogens with one attached hydrogen (secondary N) is 1. The molecule has 3 rings (SSSR count). The molecule has 2 heterocycles. The molecule has 1 aromatic carbocycles. The molecule has 0 atom stereocenters. The number of benzene rings is 1. The zero-order valence-electron chi connectivity index (χ0n) is 16.6. The van der Waals surface area contributed by atoms with Crippen molar-refractivity contribution in [2.24, 2.45) is 0 Å². The van der Waals surface area contributed by atoms with Gasteiger partial charge in [0.2, 0.25) is 0 Å². The van der Waals surface area contributed by atoms with Gasteiger partial charge in [0, 0.05) is 30.4 Å². The van der Waals surface area contributed by atoms with Crippen LogP contribution in [0.25, 0.3) is 0 Å². The topological polar surface area (TPSA) is 88.2 Å². The SMILES string of the molecule is CC(C)(C)OC(=O)NC1CCN(C(=O)c2ccc(N3CCOC3=O)cc2)CC1. The summed E-state index contributed by atoms with van der Waals surface area (Å²) in [6.45, 7) is 7.51. The van der Waals surface area contributed by atoms with Gasteiger partial charge in [-0.3, -0.25) is 9.69 Å². The molecule has 1 N–H and O–H groups in total. The van der Waals surface area contributed by atoms with E-state index in [1.807, 2.05) is 20.8 Å². The van der Waals surface area contributed by atoms with Gasteiger partial charge in [-0.2, -0.15) is 0 Å². The number of hydrogen-bond acceptors (Lipinski definition) is 5. The summed E-state index contributed by atoms with van der Waals surface area (Å²) in [7, 11) is 0. The van der Waals surface area contributed by atoms with Crippen LogP contribution in [-0.2, 0) is 9.47 Å². The van der Waals surface area contributed by atoms with Crippen LogP contribution in [0.5, 0.6) is 0 Å². The van der Waals surface area contributed by atoms with Crippen molar-refractivity contribution in [3.63, 3.8) is 0 Å². The first-order chi connectivity index (χ1) is 13.2. The highest BCUT2D eigenvalue weighted by atomic mass is 16.6. The number of ether oxygens (including phenoxy) is 2. The molecule has 2 fully saturated rings. The van der Waals surface area contributed by atoms with Crippen molar-refractivity contribution in [3.05, 3.63) is 29.8 Å². The van der Waals surface area contributed by atoms with Crippen LogP contribution in [0.2, 0.25) is 0 Å². The second-order valence-corrected chi connectivity index (χ2v) is 8.03. The van der Waals surface area contributed by atoms with Crippen LogP contribution in [0, 0.1) is 0 Å². The quantitative estimate of drug-likeness (QED) is 0.859. The average molecular weight is 389 g/mol. The molecule has 0 radical (unpaired) electrons. The maximum absolute atomic E-state index is 12.7. The normalized spacial score (nSPS) is 18.0. The highest BCUT2D eigenvalue weighted by Gasteiger charge is 2.27. The van der Waals surface area contributed by atoms with Gasteiger partial charge >= 0.3 is 12.2 Å². The number of alkyl carbamates (subject to hydrolysis) is 1. The van der Waals surface area contributed by atoms with Crippen molar-refractivity contribution in [1.29, 1.82) is 0 Å². The monoisotopic (exact) mass is 389 g/mol. The number of piperidine rings is 1. The average Bonchev–Trinajstić information content (AvgIpc) is 3.06. The van der Waals surface area contributed by atoms with Gasteiger partial charge in [-0.1, -0.05) is 0 Å². The second kappa shape index (κ2) is 8.08. The van der Waals surface area contributed by atoms with E-state index in [9.17, 15) is 14.4 Å². The summed E-state index contributed by atoms with van der Waals surface area (Å²) in [5.41, 5.74) is 0.771. The molecule has 8 heteroatoms. The van der Waals surface area contributed by atoms with Crippen LogP contribution in [0.15, 0.2) is 24.3 Å². The summed E-state index contributed by atoms with van der Waals surface area (Å²) in [5.74, 6) is -0.0498. The van der Waals surface area contributed by atoms with Gasteiger partial charge in [0.05, 0.1) is 6.54 Å². The van der Waals surface area contributed by atoms with Crippen LogP contribution in [0.3, 0.4) is 0 Å². The van der Waals surface area contributed by atoms with Crippen molar-refractivity contribution in [3.8, 4) is 0 Å². The minimum absolute atomic E-state index is 0.00227. The number of anilines is 1. The highest BCUT2D eigenvalue weighted by molar-refractivity contribution is 5.95. The third-order valence-corrected chi connectivity index (χ3v) is 4.69. The third-order valence-electron chi connectivity index (χ3n) is 4.69. The Morgan fingerprint density at radius 1 is 1.11 bits per heavy atom. The van der Waals surface area contributed by atoms with E-state index in [2.05, 4.69) is 5.32 Å². The number of nitrogens with zero attached hydrogens (tertiary/aromatic N) is 2. The molecule has 0 bridgehead atoms. The highest BCUT2D eigenvalue weighted by Crippen LogP contribution is 2.21. The summed E-state index contributed by atoms with van der Waals surface area (Å²) in [5, 5.41) is 2.87. The van der Waals surface area contributed by atoms with E-state index in [0.717, 1.165) is 5.69 Å². The standard InChI is InChI=1S/C20H27N3O5/c1-20(2,3)28-18(25)21-15-8-10-22(11-9-15)17(24)14-4-6-16(7-5-14)23-12-13-27-19(23)26/h4-7,15H,8-13H2,1-3H3,(H,21,25). The van der Waals surface area contributed by atoms with Gasteiger partial charge in [-0.05, 0) is 57.9 Å². The number of hydrogen-bond donors (Lipinski definition) is 1. The first-order valence-corrected chi connectivity index (χ1v) is 9.56. The first-order valence-electron chi connectivity index (χ1n) is 9.56. The lowest BCUT2D eigenvalue weighted by molar-refractivity contribution is 0.0473. The van der Waals surface area contributed by atoms with Crippen molar-refractivity contribution in [1.82, 2.24) is 10.2 Å². The molecule has 0 aromatic heterocycles. The van der Waals surface area contributed by atoms with Crippen LogP contribution in [0.4, 0.5) is 15.3 Å². The minimum atomic E-state index is -0.529. The lowest BCUT2D eigenvalue weighted by Gasteiger charge is -2.33. The van der Waals surface area contributed by atoms with Gasteiger partial charge in [0.25, 0.3) is 5.91 Å². The predicted octanol–water partition coefficient (Wildman–Crippen LogP) is 2.77. The molecule has 0 saturated carbocycles. The molecule has 0 unspecified atom stereocenters. The van der Waals surface area contributed by atoms with E-state index in [1.54, 1.807) is 34.1 Å². The minimum Gasteiger partial charge on any atom is -0.447 e. The maximum atomic E-state index is 12.7. The fraction of sp³-hybridized carbons (Fsp3) is 0.550. The lowest BCUT2D eigenvalue weighted by Crippen LogP contribution is -2.47. The molecule has 3 amide bonds. The summed E-state index contributed by atoms with van der Waals surface area (Å²) in [6, 6.07) is 6.98. The molecule has 2 saturated heterocycles. The number of carbonyl (C=O) groups excluding carboxylic acids is 3. The Kier molecular flexibility index (Phi) is 5.76. The molecule has 1 aromatic rings. The molecule has 2 aliphatic rings. The Hall–Kier alpha value is -2.77. The molecular formula is C20H27N3O5. The Labute approximate surface area is 164 Å². The first kappa shape index (κ1) is 20.0. The van der Waals surface area contributed by atoms with E-state index in [1.165, 1.54) is 0 Å². The van der Waals surface area contributed by atoms with E-state index >= 15 is 0 Å². The third kappa shape index (κ3) is 4.94. The Balaban J connectivity index is 1.51. The van der Waals surface area contributed by atoms with E-state index in [-0.39, 0.29) is 18.0 Å². The van der Waals surface area contributed by atoms with Crippen LogP contribution in [-0.4, -0.2) is 60.9 Å². The molecule has 0 aliphatic carbocycles. The predicted molar refractivity (Wildman–Crippen MR) is 103 cm³/mol. The van der Waals surface area contributed by atoms with Crippen molar-refractivity contribution >= 4 is 23.8 Å². The van der Waals surface area contributed by atoms with Crippen molar-refractivity contribution in [2.75, 3.05) is 31.1 Å². The Bertz CT molecular complexity index is 733. The fourth-order valence-electron chi connectivity index (χ4n) is 3.30. The fourth-order valence-corrected chi connectivity index (χ4v) is 3.30. The zero-order chi connectivity index (χ0) is 20.3. The van der Waals surface area contributed by atoms with Gasteiger partial charge in [0.15, 0.2) is 0 Å². The van der Waals surface area contributed by atoms with Gasteiger partial charge in [-0.15, -0.1) is 0 Å². The number of carbonyl (C=O) groups is 3. The van der Waals surface area contributed by atoms with Crippen molar-refractivity contribution < 1.29 is 23.9 Å². The van der Waals surface area contributed by atoms with Gasteiger partial charge in [-0.25, -0.2) is 9.59 Å². The summed E-state index contributed by atoms with van der Waals surface area (Å²) in [6.07, 6.45) is 0.581. The summed E-state index contributed by atoms with van der Waals surface area (Å²) in [4.78, 5) is 39.5. The number of likely N-dealkylation sites (tertiary alicyclic amines) is 1. The Morgan fingerprint density at radius 2 is 1.75 bits per heavy atom. The number of amides is 3. The number of cyclic esters (lactones) is 1. The maximum Gasteiger partial charge on any atom is 0.414 e. The van der Waals surface area contributed by atoms with Crippen LogP contribution < -0.4 is 10.2 Å². The molecule has 2 aliphatic heterocycles. The Morgan fingerprint density at radius 3 is 2.29 bits per heavy atom. The number of rotatable bonds is 3.